The van der Waals surface area contributed by atoms with Crippen LogP contribution in [0.3, 0.4) is 0 Å². The molecule has 0 amide bonds. The smallest absolute Gasteiger partial charge is 0.0280 e. The molecule has 2 heteroatoms. The maximum atomic E-state index is 6.39. The highest BCUT2D eigenvalue weighted by Gasteiger charge is 2.27. The topological polar surface area (TPSA) is 38.0 Å². The summed E-state index contributed by atoms with van der Waals surface area (Å²) in [6.45, 7) is 11.3. The number of nitrogens with two attached hydrogens (primary N) is 1. The van der Waals surface area contributed by atoms with Crippen LogP contribution in [0.25, 0.3) is 0 Å². The Morgan fingerprint density at radius 1 is 1.19 bits per heavy atom. The zero-order valence-electron chi connectivity index (χ0n) is 11.6. The zero-order valence-corrected chi connectivity index (χ0v) is 11.6. The molecule has 1 aliphatic rings. The van der Waals surface area contributed by atoms with Gasteiger partial charge < -0.3 is 11.1 Å². The summed E-state index contributed by atoms with van der Waals surface area (Å²) in [4.78, 5) is 0. The summed E-state index contributed by atoms with van der Waals surface area (Å²) in [5.74, 6) is 0.694. The van der Waals surface area contributed by atoms with Gasteiger partial charge in [0.25, 0.3) is 0 Å². The molecular weight excluding hydrogens is 196 g/mol. The van der Waals surface area contributed by atoms with Gasteiger partial charge in [-0.15, -0.1) is 0 Å². The Kier molecular flexibility index (Phi) is 4.81. The van der Waals surface area contributed by atoms with Crippen molar-refractivity contribution in [3.8, 4) is 0 Å². The second kappa shape index (κ2) is 5.50. The van der Waals surface area contributed by atoms with Gasteiger partial charge in [0.15, 0.2) is 0 Å². The zero-order chi connectivity index (χ0) is 12.2. The first-order valence-corrected chi connectivity index (χ1v) is 6.83. The van der Waals surface area contributed by atoms with Crippen LogP contribution in [-0.2, 0) is 0 Å². The van der Waals surface area contributed by atoms with E-state index in [9.17, 15) is 0 Å². The van der Waals surface area contributed by atoms with Gasteiger partial charge in [-0.05, 0) is 30.7 Å². The molecule has 96 valence electrons. The first-order chi connectivity index (χ1) is 7.33. The van der Waals surface area contributed by atoms with E-state index in [-0.39, 0.29) is 5.54 Å². The molecule has 0 saturated heterocycles. The Bertz CT molecular complexity index is 199. The fourth-order valence-electron chi connectivity index (χ4n) is 2.28. The molecule has 0 aliphatic heterocycles. The third kappa shape index (κ3) is 4.42. The summed E-state index contributed by atoms with van der Waals surface area (Å²) in [5, 5.41) is 3.58. The summed E-state index contributed by atoms with van der Waals surface area (Å²) in [7, 11) is 0. The van der Waals surface area contributed by atoms with Crippen LogP contribution in [0.5, 0.6) is 0 Å². The Balaban J connectivity index is 2.24. The number of nitrogens with one attached hydrogen (secondary N) is 1. The van der Waals surface area contributed by atoms with Gasteiger partial charge in [0.1, 0.15) is 0 Å². The van der Waals surface area contributed by atoms with E-state index in [4.69, 9.17) is 5.73 Å². The van der Waals surface area contributed by atoms with Crippen LogP contribution in [0.2, 0.25) is 0 Å². The van der Waals surface area contributed by atoms with E-state index in [0.717, 1.165) is 13.1 Å². The Hall–Kier alpha value is -0.0800. The van der Waals surface area contributed by atoms with E-state index in [1.54, 1.807) is 0 Å². The Labute approximate surface area is 101 Å². The quantitative estimate of drug-likeness (QED) is 0.773. The van der Waals surface area contributed by atoms with Crippen LogP contribution in [0.1, 0.15) is 59.8 Å². The molecule has 16 heavy (non-hydrogen) atoms. The van der Waals surface area contributed by atoms with E-state index in [0.29, 0.717) is 11.3 Å². The molecule has 3 N–H and O–H groups in total. The fraction of sp³-hybridized carbons (Fsp3) is 1.00. The summed E-state index contributed by atoms with van der Waals surface area (Å²) >= 11 is 0. The Morgan fingerprint density at radius 2 is 1.75 bits per heavy atom. The molecule has 0 aromatic heterocycles. The minimum Gasteiger partial charge on any atom is -0.324 e. The lowest BCUT2D eigenvalue weighted by atomic mass is 9.80. The SMILES string of the molecule is CC(CNCC1(N)CCCCC1)C(C)(C)C. The summed E-state index contributed by atoms with van der Waals surface area (Å²) < 4.78 is 0. The van der Waals surface area contributed by atoms with Gasteiger partial charge in [-0.2, -0.15) is 0 Å². The molecule has 1 fully saturated rings. The number of hydrogen-bond acceptors (Lipinski definition) is 2. The molecule has 0 bridgehead atoms. The molecule has 0 spiro atoms. The second-order valence-electron chi connectivity index (χ2n) is 6.82. The fourth-order valence-corrected chi connectivity index (χ4v) is 2.28. The minimum atomic E-state index is 0.0792. The van der Waals surface area contributed by atoms with Crippen molar-refractivity contribution < 1.29 is 0 Å². The molecule has 0 heterocycles. The lowest BCUT2D eigenvalue weighted by molar-refractivity contribution is 0.231. The van der Waals surface area contributed by atoms with Gasteiger partial charge in [-0.1, -0.05) is 47.0 Å². The predicted molar refractivity (Wildman–Crippen MR) is 71.5 cm³/mol. The van der Waals surface area contributed by atoms with E-state index in [1.165, 1.54) is 32.1 Å². The van der Waals surface area contributed by atoms with Crippen molar-refractivity contribution in [1.82, 2.24) is 5.32 Å². The third-order valence-electron chi connectivity index (χ3n) is 4.26. The predicted octanol–water partition coefficient (Wildman–Crippen LogP) is 2.92. The molecule has 1 atom stereocenters. The van der Waals surface area contributed by atoms with Crippen LogP contribution >= 0.6 is 0 Å². The largest absolute Gasteiger partial charge is 0.324 e. The van der Waals surface area contributed by atoms with Gasteiger partial charge in [0.05, 0.1) is 0 Å². The average molecular weight is 226 g/mol. The monoisotopic (exact) mass is 226 g/mol. The van der Waals surface area contributed by atoms with Gasteiger partial charge in [0.2, 0.25) is 0 Å². The molecule has 1 saturated carbocycles. The lowest BCUT2D eigenvalue weighted by Gasteiger charge is -2.35. The highest BCUT2D eigenvalue weighted by molar-refractivity contribution is 4.89. The standard InChI is InChI=1S/C14H30N2/c1-12(13(2,3)4)10-16-11-14(15)8-6-5-7-9-14/h12,16H,5-11,15H2,1-4H3. The maximum Gasteiger partial charge on any atom is 0.0280 e. The molecule has 0 aromatic rings. The van der Waals surface area contributed by atoms with E-state index >= 15 is 0 Å². The maximum absolute atomic E-state index is 6.39. The van der Waals surface area contributed by atoms with Gasteiger partial charge in [-0.3, -0.25) is 0 Å². The number of hydrogen-bond donors (Lipinski definition) is 2. The van der Waals surface area contributed by atoms with Gasteiger partial charge in [0, 0.05) is 12.1 Å². The van der Waals surface area contributed by atoms with Crippen LogP contribution in [0, 0.1) is 11.3 Å². The summed E-state index contributed by atoms with van der Waals surface area (Å²) in [5.41, 5.74) is 6.86. The van der Waals surface area contributed by atoms with Crippen LogP contribution in [0.4, 0.5) is 0 Å². The first-order valence-electron chi connectivity index (χ1n) is 6.83. The molecule has 1 rings (SSSR count). The van der Waals surface area contributed by atoms with Gasteiger partial charge in [-0.25, -0.2) is 0 Å². The molecule has 0 radical (unpaired) electrons. The van der Waals surface area contributed by atoms with Crippen molar-refractivity contribution in [3.05, 3.63) is 0 Å². The molecule has 2 nitrogen and oxygen atoms in total. The molecule has 1 unspecified atom stereocenters. The highest BCUT2D eigenvalue weighted by atomic mass is 14.9. The summed E-state index contributed by atoms with van der Waals surface area (Å²) in [6, 6.07) is 0. The van der Waals surface area contributed by atoms with Crippen LogP contribution < -0.4 is 11.1 Å². The number of rotatable bonds is 4. The first kappa shape index (κ1) is 14.0. The third-order valence-corrected chi connectivity index (χ3v) is 4.26. The van der Waals surface area contributed by atoms with Crippen molar-refractivity contribution >= 4 is 0 Å². The Morgan fingerprint density at radius 3 is 2.25 bits per heavy atom. The second-order valence-corrected chi connectivity index (χ2v) is 6.82. The van der Waals surface area contributed by atoms with E-state index < -0.39 is 0 Å². The van der Waals surface area contributed by atoms with E-state index in [2.05, 4.69) is 33.0 Å². The van der Waals surface area contributed by atoms with Crippen LogP contribution in [0.15, 0.2) is 0 Å². The highest BCUT2D eigenvalue weighted by Crippen LogP contribution is 2.26. The van der Waals surface area contributed by atoms with Crippen LogP contribution in [-0.4, -0.2) is 18.6 Å². The van der Waals surface area contributed by atoms with Crippen molar-refractivity contribution in [3.63, 3.8) is 0 Å². The summed E-state index contributed by atoms with van der Waals surface area (Å²) in [6.07, 6.45) is 6.39. The molecular formula is C14H30N2. The molecule has 1 aliphatic carbocycles. The van der Waals surface area contributed by atoms with Crippen molar-refractivity contribution in [2.24, 2.45) is 17.1 Å². The normalized spacial score (nSPS) is 23.1. The van der Waals surface area contributed by atoms with Crippen molar-refractivity contribution in [2.45, 2.75) is 65.3 Å². The van der Waals surface area contributed by atoms with Gasteiger partial charge >= 0.3 is 0 Å². The average Bonchev–Trinajstić information content (AvgIpc) is 2.17. The lowest BCUT2D eigenvalue weighted by Crippen LogP contribution is -2.51. The minimum absolute atomic E-state index is 0.0792. The molecule has 0 aromatic carbocycles. The van der Waals surface area contributed by atoms with E-state index in [1.807, 2.05) is 0 Å². The van der Waals surface area contributed by atoms with Crippen molar-refractivity contribution in [1.29, 1.82) is 0 Å². The van der Waals surface area contributed by atoms with Crippen molar-refractivity contribution in [2.75, 3.05) is 13.1 Å².